The second-order valence-corrected chi connectivity index (χ2v) is 5.22. The van der Waals surface area contributed by atoms with Crippen LogP contribution in [0.25, 0.3) is 0 Å². The summed E-state index contributed by atoms with van der Waals surface area (Å²) in [5.41, 5.74) is 1.87. The number of allylic oxidation sites excluding steroid dienone is 3. The zero-order chi connectivity index (χ0) is 19.1. The Hall–Kier alpha value is -3.33. The van der Waals surface area contributed by atoms with Crippen LogP contribution in [0.4, 0.5) is 0 Å². The van der Waals surface area contributed by atoms with Crippen LogP contribution in [0, 0.1) is 26.2 Å². The number of aromatic nitrogens is 1. The van der Waals surface area contributed by atoms with E-state index >= 15 is 0 Å². The smallest absolute Gasteiger partial charge is 0.293 e. The molecule has 6 nitrogen and oxygen atoms in total. The molecule has 2 N–H and O–H groups in total. The summed E-state index contributed by atoms with van der Waals surface area (Å²) in [6, 6.07) is 0. The molecule has 0 aliphatic heterocycles. The molecule has 0 aliphatic rings. The van der Waals surface area contributed by atoms with E-state index in [0.717, 1.165) is 0 Å². The lowest BCUT2D eigenvalue weighted by Gasteiger charge is -2.08. The Morgan fingerprint density at radius 2 is 1.92 bits per heavy atom. The number of Topliss-reactive ketones (excluding diaryl/α,β-unsaturated/α-hetero) is 1. The van der Waals surface area contributed by atoms with E-state index in [0.29, 0.717) is 17.0 Å². The molecule has 6 heteroatoms. The summed E-state index contributed by atoms with van der Waals surface area (Å²) in [6.45, 7) is 10.4. The Kier molecular flexibility index (Phi) is 6.71. The molecule has 2 amide bonds. The van der Waals surface area contributed by atoms with Crippen molar-refractivity contribution in [3.05, 3.63) is 59.6 Å². The summed E-state index contributed by atoms with van der Waals surface area (Å²) in [5.74, 6) is 0.278. The van der Waals surface area contributed by atoms with E-state index < -0.39 is 17.6 Å². The number of terminal acetylenes is 1. The van der Waals surface area contributed by atoms with Gasteiger partial charge >= 0.3 is 0 Å². The lowest BCUT2D eigenvalue weighted by molar-refractivity contribution is -0.116. The molecule has 0 saturated heterocycles. The van der Waals surface area contributed by atoms with Crippen molar-refractivity contribution < 1.29 is 14.4 Å². The molecule has 0 saturated carbocycles. The third-order valence-electron chi connectivity index (χ3n) is 3.71. The predicted molar refractivity (Wildman–Crippen MR) is 97.0 cm³/mol. The van der Waals surface area contributed by atoms with E-state index in [1.54, 1.807) is 31.5 Å². The molecule has 0 spiro atoms. The predicted octanol–water partition coefficient (Wildman–Crippen LogP) is 1.56. The molecular formula is C19H21N3O3. The van der Waals surface area contributed by atoms with Gasteiger partial charge in [-0.1, -0.05) is 25.2 Å². The monoisotopic (exact) mass is 339 g/mol. The van der Waals surface area contributed by atoms with Gasteiger partial charge < -0.3 is 15.2 Å². The minimum Gasteiger partial charge on any atom is -0.343 e. The number of nitrogens with zero attached hydrogens (tertiary/aromatic N) is 1. The lowest BCUT2D eigenvalue weighted by Crippen LogP contribution is -2.32. The fraction of sp³-hybridized carbons (Fsp3) is 0.211. The van der Waals surface area contributed by atoms with Crippen LogP contribution in [0.15, 0.2) is 37.1 Å². The van der Waals surface area contributed by atoms with Crippen molar-refractivity contribution in [1.29, 1.82) is 0 Å². The fourth-order valence-corrected chi connectivity index (χ4v) is 2.44. The lowest BCUT2D eigenvalue weighted by atomic mass is 10.0. The maximum absolute atomic E-state index is 12.6. The molecule has 0 radical (unpaired) electrons. The topological polar surface area (TPSA) is 80.2 Å². The summed E-state index contributed by atoms with van der Waals surface area (Å²) in [4.78, 5) is 36.9. The van der Waals surface area contributed by atoms with Crippen molar-refractivity contribution in [3.8, 4) is 12.3 Å². The number of carbonyl (C=O) groups is 3. The highest BCUT2D eigenvalue weighted by Gasteiger charge is 2.28. The van der Waals surface area contributed by atoms with Crippen LogP contribution in [0.1, 0.15) is 32.1 Å². The van der Waals surface area contributed by atoms with E-state index in [9.17, 15) is 14.4 Å². The van der Waals surface area contributed by atoms with E-state index in [-0.39, 0.29) is 17.8 Å². The van der Waals surface area contributed by atoms with Crippen LogP contribution in [0.3, 0.4) is 0 Å². The highest BCUT2D eigenvalue weighted by atomic mass is 16.2. The van der Waals surface area contributed by atoms with E-state index in [4.69, 9.17) is 6.42 Å². The van der Waals surface area contributed by atoms with Crippen molar-refractivity contribution in [2.24, 2.45) is 7.05 Å². The molecule has 1 rings (SSSR count). The van der Waals surface area contributed by atoms with Crippen LogP contribution in [0.5, 0.6) is 0 Å². The van der Waals surface area contributed by atoms with Gasteiger partial charge in [0.05, 0.1) is 12.1 Å². The largest absolute Gasteiger partial charge is 0.343 e. The van der Waals surface area contributed by atoms with Gasteiger partial charge in [-0.2, -0.15) is 0 Å². The summed E-state index contributed by atoms with van der Waals surface area (Å²) >= 11 is 0. The van der Waals surface area contributed by atoms with Crippen LogP contribution < -0.4 is 10.6 Å². The molecule has 0 unspecified atom stereocenters. The minimum absolute atomic E-state index is 0.0438. The number of amides is 2. The molecule has 1 aromatic rings. The normalized spacial score (nSPS) is 10.6. The van der Waals surface area contributed by atoms with Gasteiger partial charge in [-0.3, -0.25) is 14.4 Å². The van der Waals surface area contributed by atoms with E-state index in [1.807, 2.05) is 0 Å². The summed E-state index contributed by atoms with van der Waals surface area (Å²) in [7, 11) is 1.65. The Morgan fingerprint density at radius 1 is 1.28 bits per heavy atom. The Labute approximate surface area is 147 Å². The van der Waals surface area contributed by atoms with Gasteiger partial charge in [-0.05, 0) is 31.6 Å². The molecule has 0 bridgehead atoms. The Balaban J connectivity index is 3.28. The van der Waals surface area contributed by atoms with Crippen molar-refractivity contribution >= 4 is 17.6 Å². The second kappa shape index (κ2) is 8.50. The van der Waals surface area contributed by atoms with Gasteiger partial charge in [0.25, 0.3) is 17.6 Å². The number of rotatable bonds is 7. The van der Waals surface area contributed by atoms with Gasteiger partial charge in [0.15, 0.2) is 0 Å². The zero-order valence-corrected chi connectivity index (χ0v) is 14.6. The summed E-state index contributed by atoms with van der Waals surface area (Å²) < 4.78 is 1.57. The summed E-state index contributed by atoms with van der Waals surface area (Å²) in [5, 5.41) is 5.02. The third kappa shape index (κ3) is 4.15. The molecule has 25 heavy (non-hydrogen) atoms. The highest BCUT2D eigenvalue weighted by molar-refractivity contribution is 6.43. The zero-order valence-electron chi connectivity index (χ0n) is 14.6. The maximum atomic E-state index is 12.6. The van der Waals surface area contributed by atoms with Crippen molar-refractivity contribution in [2.75, 3.05) is 6.54 Å². The summed E-state index contributed by atoms with van der Waals surface area (Å²) in [6.07, 6.45) is 9.66. The molecule has 0 aliphatic carbocycles. The number of hydrogen-bond acceptors (Lipinski definition) is 3. The van der Waals surface area contributed by atoms with Crippen molar-refractivity contribution in [2.45, 2.75) is 13.8 Å². The van der Waals surface area contributed by atoms with Crippen LogP contribution >= 0.6 is 0 Å². The maximum Gasteiger partial charge on any atom is 0.293 e. The number of carbonyl (C=O) groups excluding carboxylic acids is 3. The van der Waals surface area contributed by atoms with Gasteiger partial charge in [0.2, 0.25) is 0 Å². The SMILES string of the molecule is C#CCNC(=O)C(=O)c1c(C)c(C(=O)N/C(C=C)=C/C=C)n(C)c1C. The Bertz CT molecular complexity index is 820. The average Bonchev–Trinajstić information content (AvgIpc) is 2.80. The van der Waals surface area contributed by atoms with Crippen molar-refractivity contribution in [3.63, 3.8) is 0 Å². The van der Waals surface area contributed by atoms with Gasteiger partial charge in [0, 0.05) is 18.4 Å². The Morgan fingerprint density at radius 3 is 2.44 bits per heavy atom. The molecule has 0 fully saturated rings. The second-order valence-electron chi connectivity index (χ2n) is 5.22. The average molecular weight is 339 g/mol. The molecule has 0 aromatic carbocycles. The van der Waals surface area contributed by atoms with Crippen LogP contribution in [-0.4, -0.2) is 28.7 Å². The van der Waals surface area contributed by atoms with Crippen LogP contribution in [0.2, 0.25) is 0 Å². The van der Waals surface area contributed by atoms with E-state index in [1.165, 1.54) is 12.2 Å². The molecule has 130 valence electrons. The van der Waals surface area contributed by atoms with Crippen molar-refractivity contribution in [1.82, 2.24) is 15.2 Å². The molecule has 0 atom stereocenters. The first kappa shape index (κ1) is 19.7. The van der Waals surface area contributed by atoms with Crippen LogP contribution in [-0.2, 0) is 11.8 Å². The third-order valence-corrected chi connectivity index (χ3v) is 3.71. The first-order chi connectivity index (χ1) is 11.8. The molecular weight excluding hydrogens is 318 g/mol. The van der Waals surface area contributed by atoms with Gasteiger partial charge in [-0.15, -0.1) is 6.42 Å². The fourth-order valence-electron chi connectivity index (χ4n) is 2.44. The molecule has 1 heterocycles. The molecule has 1 aromatic heterocycles. The van der Waals surface area contributed by atoms with Gasteiger partial charge in [0.1, 0.15) is 5.69 Å². The number of ketones is 1. The number of nitrogens with one attached hydrogen (secondary N) is 2. The standard InChI is InChI=1S/C19H21N3O3/c1-7-10-14(9-3)21-18(24)16-12(4)15(13(5)22(16)6)17(23)19(25)20-11-8-2/h2,7,9-10H,1,3,11H2,4-6H3,(H,20,25)(H,21,24)/b14-10+. The number of hydrogen-bond donors (Lipinski definition) is 2. The quantitative estimate of drug-likeness (QED) is 0.342. The van der Waals surface area contributed by atoms with E-state index in [2.05, 4.69) is 29.7 Å². The first-order valence-corrected chi connectivity index (χ1v) is 7.48. The highest BCUT2D eigenvalue weighted by Crippen LogP contribution is 2.22. The first-order valence-electron chi connectivity index (χ1n) is 7.48. The van der Waals surface area contributed by atoms with Gasteiger partial charge in [-0.25, -0.2) is 0 Å². The minimum atomic E-state index is -0.806.